The van der Waals surface area contributed by atoms with Crippen molar-refractivity contribution in [1.29, 1.82) is 0 Å². The number of carbonyl (C=O) groups is 2. The van der Waals surface area contributed by atoms with Crippen molar-refractivity contribution >= 4 is 17.7 Å². The molecule has 1 fully saturated rings. The smallest absolute Gasteiger partial charge is 0.410 e. The van der Waals surface area contributed by atoms with E-state index in [0.717, 1.165) is 18.5 Å². The van der Waals surface area contributed by atoms with E-state index in [1.54, 1.807) is 23.1 Å². The number of carbonyl (C=O) groups excluding carboxylic acids is 2. The highest BCUT2D eigenvalue weighted by Gasteiger charge is 2.28. The topological polar surface area (TPSA) is 87.3 Å². The molecule has 3 rings (SSSR count). The minimum absolute atomic E-state index is 0.114. The van der Waals surface area contributed by atoms with Gasteiger partial charge in [-0.2, -0.15) is 5.10 Å². The maximum atomic E-state index is 13.7. The second-order valence-corrected chi connectivity index (χ2v) is 7.88. The standard InChI is InChI=1S/C20H25FN4O3/c1-20(2,3)28-19(27)25-10-8-13(9-11-25)16-12-17(24-23-16)18(26)22-15-7-5-4-6-14(15)21/h4-7,12-13H,8-11H2,1-3H3,(H,22,26)(H,23,24). The van der Waals surface area contributed by atoms with Gasteiger partial charge in [0, 0.05) is 24.7 Å². The molecule has 8 heteroatoms. The molecule has 2 heterocycles. The molecule has 150 valence electrons. The van der Waals surface area contributed by atoms with Crippen molar-refractivity contribution in [2.75, 3.05) is 18.4 Å². The van der Waals surface area contributed by atoms with Crippen LogP contribution in [0.4, 0.5) is 14.9 Å². The summed E-state index contributed by atoms with van der Waals surface area (Å²) in [7, 11) is 0. The zero-order valence-electron chi connectivity index (χ0n) is 16.3. The Hall–Kier alpha value is -2.90. The van der Waals surface area contributed by atoms with Crippen molar-refractivity contribution in [3.05, 3.63) is 47.5 Å². The predicted molar refractivity (Wildman–Crippen MR) is 103 cm³/mol. The van der Waals surface area contributed by atoms with E-state index < -0.39 is 17.3 Å². The van der Waals surface area contributed by atoms with Crippen LogP contribution in [0.2, 0.25) is 0 Å². The van der Waals surface area contributed by atoms with Gasteiger partial charge in [-0.05, 0) is 51.8 Å². The van der Waals surface area contributed by atoms with Gasteiger partial charge in [-0.15, -0.1) is 0 Å². The third-order valence-corrected chi connectivity index (χ3v) is 4.54. The molecule has 1 aliphatic heterocycles. The van der Waals surface area contributed by atoms with Gasteiger partial charge in [-0.1, -0.05) is 12.1 Å². The molecule has 0 spiro atoms. The Morgan fingerprint density at radius 1 is 1.25 bits per heavy atom. The molecule has 1 aromatic heterocycles. The Balaban J connectivity index is 1.57. The van der Waals surface area contributed by atoms with Crippen LogP contribution in [-0.4, -0.2) is 45.8 Å². The number of piperidine rings is 1. The van der Waals surface area contributed by atoms with Crippen LogP contribution < -0.4 is 5.32 Å². The van der Waals surface area contributed by atoms with Crippen LogP contribution in [0.1, 0.15) is 55.7 Å². The first-order chi connectivity index (χ1) is 13.2. The lowest BCUT2D eigenvalue weighted by atomic mass is 9.93. The average Bonchev–Trinajstić information content (AvgIpc) is 3.12. The van der Waals surface area contributed by atoms with Crippen molar-refractivity contribution in [3.8, 4) is 0 Å². The minimum atomic E-state index is -0.516. The number of amides is 2. The van der Waals surface area contributed by atoms with Crippen LogP contribution in [0.3, 0.4) is 0 Å². The van der Waals surface area contributed by atoms with E-state index in [-0.39, 0.29) is 23.4 Å². The normalized spacial score (nSPS) is 15.4. The van der Waals surface area contributed by atoms with Crippen molar-refractivity contribution in [1.82, 2.24) is 15.1 Å². The molecule has 0 saturated carbocycles. The number of hydrogen-bond acceptors (Lipinski definition) is 4. The molecule has 1 aliphatic rings. The highest BCUT2D eigenvalue weighted by Crippen LogP contribution is 2.28. The third kappa shape index (κ3) is 4.88. The van der Waals surface area contributed by atoms with E-state index in [9.17, 15) is 14.0 Å². The Kier molecular flexibility index (Phi) is 5.67. The molecule has 2 aromatic rings. The first-order valence-corrected chi connectivity index (χ1v) is 9.32. The van der Waals surface area contributed by atoms with Gasteiger partial charge in [0.2, 0.25) is 0 Å². The molecule has 1 saturated heterocycles. The number of halogens is 1. The van der Waals surface area contributed by atoms with Crippen LogP contribution in [0.15, 0.2) is 30.3 Å². The number of nitrogens with zero attached hydrogens (tertiary/aromatic N) is 2. The molecule has 0 radical (unpaired) electrons. The number of para-hydroxylation sites is 1. The number of H-pyrrole nitrogens is 1. The van der Waals surface area contributed by atoms with Crippen molar-refractivity contribution in [2.24, 2.45) is 0 Å². The number of anilines is 1. The number of likely N-dealkylation sites (tertiary alicyclic amines) is 1. The second-order valence-electron chi connectivity index (χ2n) is 7.88. The van der Waals surface area contributed by atoms with Gasteiger partial charge in [0.05, 0.1) is 5.69 Å². The van der Waals surface area contributed by atoms with Gasteiger partial charge in [0.15, 0.2) is 5.69 Å². The number of aromatic amines is 1. The van der Waals surface area contributed by atoms with Crippen molar-refractivity contribution < 1.29 is 18.7 Å². The fraction of sp³-hybridized carbons (Fsp3) is 0.450. The quantitative estimate of drug-likeness (QED) is 0.834. The van der Waals surface area contributed by atoms with Crippen LogP contribution in [-0.2, 0) is 4.74 Å². The molecule has 2 amide bonds. The number of rotatable bonds is 3. The van der Waals surface area contributed by atoms with Gasteiger partial charge in [0.25, 0.3) is 5.91 Å². The molecular weight excluding hydrogens is 363 g/mol. The maximum absolute atomic E-state index is 13.7. The number of nitrogens with one attached hydrogen (secondary N) is 2. The first-order valence-electron chi connectivity index (χ1n) is 9.32. The molecular formula is C20H25FN4O3. The van der Waals surface area contributed by atoms with Gasteiger partial charge >= 0.3 is 6.09 Å². The summed E-state index contributed by atoms with van der Waals surface area (Å²) in [5.74, 6) is -0.805. The van der Waals surface area contributed by atoms with Crippen LogP contribution >= 0.6 is 0 Å². The fourth-order valence-corrected chi connectivity index (χ4v) is 3.11. The average molecular weight is 388 g/mol. The summed E-state index contributed by atoms with van der Waals surface area (Å²) < 4.78 is 19.1. The van der Waals surface area contributed by atoms with Gasteiger partial charge in [0.1, 0.15) is 11.4 Å². The minimum Gasteiger partial charge on any atom is -0.444 e. The molecule has 0 bridgehead atoms. The Morgan fingerprint density at radius 3 is 2.57 bits per heavy atom. The third-order valence-electron chi connectivity index (χ3n) is 4.54. The van der Waals surface area contributed by atoms with Crippen LogP contribution in [0.25, 0.3) is 0 Å². The summed E-state index contributed by atoms with van der Waals surface area (Å²) in [5, 5.41) is 9.48. The molecule has 7 nitrogen and oxygen atoms in total. The van der Waals surface area contributed by atoms with E-state index in [4.69, 9.17) is 4.74 Å². The summed E-state index contributed by atoms with van der Waals surface area (Å²) in [6, 6.07) is 7.66. The fourth-order valence-electron chi connectivity index (χ4n) is 3.11. The van der Waals surface area contributed by atoms with Crippen LogP contribution in [0.5, 0.6) is 0 Å². The van der Waals surface area contributed by atoms with Gasteiger partial charge in [-0.25, -0.2) is 9.18 Å². The Morgan fingerprint density at radius 2 is 1.93 bits per heavy atom. The van der Waals surface area contributed by atoms with Crippen molar-refractivity contribution in [3.63, 3.8) is 0 Å². The van der Waals surface area contributed by atoms with Crippen molar-refractivity contribution in [2.45, 2.75) is 45.1 Å². The zero-order valence-corrected chi connectivity index (χ0v) is 16.3. The van der Waals surface area contributed by atoms with E-state index >= 15 is 0 Å². The van der Waals surface area contributed by atoms with Gasteiger partial charge < -0.3 is 15.0 Å². The Labute approximate surface area is 163 Å². The predicted octanol–water partition coefficient (Wildman–Crippen LogP) is 3.92. The molecule has 28 heavy (non-hydrogen) atoms. The SMILES string of the molecule is CC(C)(C)OC(=O)N1CCC(c2cc(C(=O)Nc3ccccc3F)n[nH]2)CC1. The monoisotopic (exact) mass is 388 g/mol. The lowest BCUT2D eigenvalue weighted by Gasteiger charge is -2.33. The maximum Gasteiger partial charge on any atom is 0.410 e. The van der Waals surface area contributed by atoms with Gasteiger partial charge in [-0.3, -0.25) is 9.89 Å². The van der Waals surface area contributed by atoms with E-state index in [1.807, 2.05) is 20.8 Å². The summed E-state index contributed by atoms with van der Waals surface area (Å²) in [5.41, 5.74) is 0.635. The lowest BCUT2D eigenvalue weighted by molar-refractivity contribution is 0.0204. The second kappa shape index (κ2) is 8.00. The highest BCUT2D eigenvalue weighted by molar-refractivity contribution is 6.02. The number of benzene rings is 1. The lowest BCUT2D eigenvalue weighted by Crippen LogP contribution is -2.41. The highest BCUT2D eigenvalue weighted by atomic mass is 19.1. The van der Waals surface area contributed by atoms with E-state index in [1.165, 1.54) is 12.1 Å². The zero-order chi connectivity index (χ0) is 20.3. The van der Waals surface area contributed by atoms with E-state index in [0.29, 0.717) is 13.1 Å². The molecule has 0 atom stereocenters. The van der Waals surface area contributed by atoms with Crippen LogP contribution in [0, 0.1) is 5.82 Å². The largest absolute Gasteiger partial charge is 0.444 e. The molecule has 0 unspecified atom stereocenters. The first kappa shape index (κ1) is 19.9. The molecule has 1 aromatic carbocycles. The summed E-state index contributed by atoms with van der Waals surface area (Å²) >= 11 is 0. The molecule has 0 aliphatic carbocycles. The number of aromatic nitrogens is 2. The van der Waals surface area contributed by atoms with E-state index in [2.05, 4.69) is 15.5 Å². The number of ether oxygens (including phenoxy) is 1. The Bertz CT molecular complexity index is 851. The summed E-state index contributed by atoms with van der Waals surface area (Å²) in [6.45, 7) is 6.69. The number of hydrogen-bond donors (Lipinski definition) is 2. The summed E-state index contributed by atoms with van der Waals surface area (Å²) in [6.07, 6.45) is 1.19. The summed E-state index contributed by atoms with van der Waals surface area (Å²) in [4.78, 5) is 26.2. The molecule has 2 N–H and O–H groups in total.